The van der Waals surface area contributed by atoms with E-state index in [9.17, 15) is 14.7 Å². The molecule has 166 valence electrons. The zero-order valence-electron chi connectivity index (χ0n) is 17.9. The molecular formula is C22H31NO7. The van der Waals surface area contributed by atoms with Crippen molar-refractivity contribution in [2.75, 3.05) is 26.4 Å². The summed E-state index contributed by atoms with van der Waals surface area (Å²) in [7, 11) is 0. The third-order valence-corrected chi connectivity index (χ3v) is 5.04. The lowest BCUT2D eigenvalue weighted by Gasteiger charge is -2.42. The second kappa shape index (κ2) is 9.55. The molecule has 8 heteroatoms. The van der Waals surface area contributed by atoms with Gasteiger partial charge in [0.15, 0.2) is 11.5 Å². The molecule has 0 saturated heterocycles. The van der Waals surface area contributed by atoms with Gasteiger partial charge in [-0.1, -0.05) is 0 Å². The van der Waals surface area contributed by atoms with Gasteiger partial charge in [0.1, 0.15) is 11.7 Å². The van der Waals surface area contributed by atoms with E-state index < -0.39 is 11.6 Å². The van der Waals surface area contributed by atoms with Crippen LogP contribution >= 0.6 is 0 Å². The molecule has 1 aromatic carbocycles. The van der Waals surface area contributed by atoms with Gasteiger partial charge < -0.3 is 29.0 Å². The van der Waals surface area contributed by atoms with Crippen molar-refractivity contribution in [3.8, 4) is 11.5 Å². The number of carboxylic acids is 1. The maximum Gasteiger partial charge on any atom is 0.410 e. The van der Waals surface area contributed by atoms with Gasteiger partial charge in [-0.2, -0.15) is 0 Å². The van der Waals surface area contributed by atoms with Crippen molar-refractivity contribution >= 4 is 12.1 Å². The molecule has 0 radical (unpaired) electrons. The van der Waals surface area contributed by atoms with Crippen molar-refractivity contribution < 1.29 is 33.6 Å². The van der Waals surface area contributed by atoms with Gasteiger partial charge in [-0.25, -0.2) is 9.59 Å². The van der Waals surface area contributed by atoms with Gasteiger partial charge in [0.25, 0.3) is 0 Å². The number of aromatic carboxylic acids is 1. The molecule has 0 spiro atoms. The lowest BCUT2D eigenvalue weighted by atomic mass is 9.88. The second-order valence-corrected chi connectivity index (χ2v) is 8.67. The highest BCUT2D eigenvalue weighted by Crippen LogP contribution is 2.36. The fraction of sp³-hybridized carbons (Fsp3) is 0.636. The van der Waals surface area contributed by atoms with Crippen LogP contribution in [0.3, 0.4) is 0 Å². The van der Waals surface area contributed by atoms with E-state index in [1.54, 1.807) is 11.0 Å². The van der Waals surface area contributed by atoms with Crippen molar-refractivity contribution in [3.05, 3.63) is 23.8 Å². The van der Waals surface area contributed by atoms with Crippen LogP contribution in [0.15, 0.2) is 18.2 Å². The monoisotopic (exact) mass is 421 g/mol. The average molecular weight is 421 g/mol. The van der Waals surface area contributed by atoms with E-state index in [0.29, 0.717) is 50.7 Å². The van der Waals surface area contributed by atoms with Crippen molar-refractivity contribution in [1.29, 1.82) is 0 Å². The second-order valence-electron chi connectivity index (χ2n) is 8.67. The third-order valence-electron chi connectivity index (χ3n) is 5.04. The maximum atomic E-state index is 12.7. The highest BCUT2D eigenvalue weighted by atomic mass is 16.6. The Hall–Kier alpha value is -2.48. The molecule has 1 amide bonds. The Morgan fingerprint density at radius 2 is 1.83 bits per heavy atom. The topological polar surface area (TPSA) is 94.5 Å². The summed E-state index contributed by atoms with van der Waals surface area (Å²) in [6.07, 6.45) is 2.47. The molecule has 4 rings (SSSR count). The Labute approximate surface area is 177 Å². The SMILES string of the molecule is CC(C)(C)OC(=O)N1CCOCCCCOc2cc(C(=O)O)ccc2O[C@H]2C[C@H]1C2. The van der Waals surface area contributed by atoms with Crippen LogP contribution in [0.4, 0.5) is 4.79 Å². The molecule has 2 heterocycles. The summed E-state index contributed by atoms with van der Waals surface area (Å²) in [5, 5.41) is 9.25. The highest BCUT2D eigenvalue weighted by molar-refractivity contribution is 5.88. The first kappa shape index (κ1) is 22.2. The van der Waals surface area contributed by atoms with E-state index in [4.69, 9.17) is 18.9 Å². The van der Waals surface area contributed by atoms with Crippen LogP contribution in [0.2, 0.25) is 0 Å². The Morgan fingerprint density at radius 3 is 2.53 bits per heavy atom. The average Bonchev–Trinajstić information content (AvgIpc) is 2.63. The minimum absolute atomic E-state index is 0.0150. The van der Waals surface area contributed by atoms with Crippen LogP contribution in [0.5, 0.6) is 11.5 Å². The summed E-state index contributed by atoms with van der Waals surface area (Å²) >= 11 is 0. The molecule has 2 bridgehead atoms. The summed E-state index contributed by atoms with van der Waals surface area (Å²) in [4.78, 5) is 25.7. The molecule has 0 unspecified atom stereocenters. The lowest BCUT2D eigenvalue weighted by molar-refractivity contribution is -0.0258. The van der Waals surface area contributed by atoms with Gasteiger partial charge in [-0.05, 0) is 51.8 Å². The lowest BCUT2D eigenvalue weighted by Crippen LogP contribution is -2.53. The molecule has 1 N–H and O–H groups in total. The van der Waals surface area contributed by atoms with E-state index >= 15 is 0 Å². The van der Waals surface area contributed by atoms with Gasteiger partial charge in [0.2, 0.25) is 0 Å². The van der Waals surface area contributed by atoms with Crippen LogP contribution in [0.1, 0.15) is 56.8 Å². The van der Waals surface area contributed by atoms with Crippen molar-refractivity contribution in [3.63, 3.8) is 0 Å². The number of carbonyl (C=O) groups is 2. The number of nitrogens with zero attached hydrogens (tertiary/aromatic N) is 1. The molecule has 1 fully saturated rings. The zero-order valence-corrected chi connectivity index (χ0v) is 17.9. The number of fused-ring (bicyclic) bond motifs is 8. The number of carbonyl (C=O) groups excluding carboxylic acids is 1. The van der Waals surface area contributed by atoms with Crippen LogP contribution < -0.4 is 9.47 Å². The number of carboxylic acid groups (broad SMARTS) is 1. The van der Waals surface area contributed by atoms with Gasteiger partial charge in [0, 0.05) is 32.0 Å². The Kier molecular flexibility index (Phi) is 7.07. The minimum atomic E-state index is -1.01. The normalized spacial score (nSPS) is 22.8. The molecule has 1 aromatic rings. The van der Waals surface area contributed by atoms with E-state index in [0.717, 1.165) is 12.8 Å². The number of hydrogen-bond donors (Lipinski definition) is 1. The van der Waals surface area contributed by atoms with Crippen LogP contribution in [0.25, 0.3) is 0 Å². The van der Waals surface area contributed by atoms with E-state index in [1.165, 1.54) is 12.1 Å². The number of amides is 1. The fourth-order valence-corrected chi connectivity index (χ4v) is 3.42. The predicted molar refractivity (Wildman–Crippen MR) is 109 cm³/mol. The van der Waals surface area contributed by atoms with Crippen LogP contribution in [-0.4, -0.2) is 66.2 Å². The Morgan fingerprint density at radius 1 is 1.10 bits per heavy atom. The summed E-state index contributed by atoms with van der Waals surface area (Å²) in [6, 6.07) is 4.66. The Balaban J connectivity index is 1.73. The number of ether oxygens (including phenoxy) is 4. The molecule has 0 aromatic heterocycles. The van der Waals surface area contributed by atoms with E-state index in [-0.39, 0.29) is 23.8 Å². The van der Waals surface area contributed by atoms with Gasteiger partial charge >= 0.3 is 12.1 Å². The number of rotatable bonds is 1. The van der Waals surface area contributed by atoms with Crippen LogP contribution in [-0.2, 0) is 9.47 Å². The first-order valence-electron chi connectivity index (χ1n) is 10.5. The van der Waals surface area contributed by atoms with Crippen molar-refractivity contribution in [1.82, 2.24) is 4.90 Å². The van der Waals surface area contributed by atoms with E-state index in [2.05, 4.69) is 0 Å². The van der Waals surface area contributed by atoms with Gasteiger partial charge in [0.05, 0.1) is 18.8 Å². The standard InChI is InChI=1S/C22H31NO7/c1-22(2,3)30-21(26)23-8-11-27-9-4-5-10-28-19-12-15(20(24)25)6-7-18(19)29-17-13-16(23)14-17/h6-7,12,16-17H,4-5,8-11,13-14H2,1-3H3,(H,24,25)/t16-,17-. The molecule has 2 aliphatic heterocycles. The van der Waals surface area contributed by atoms with Gasteiger partial charge in [-0.15, -0.1) is 0 Å². The van der Waals surface area contributed by atoms with Crippen molar-refractivity contribution in [2.24, 2.45) is 0 Å². The number of hydrogen-bond acceptors (Lipinski definition) is 6. The molecular weight excluding hydrogens is 390 g/mol. The summed E-state index contributed by atoms with van der Waals surface area (Å²) in [5.41, 5.74) is -0.409. The predicted octanol–water partition coefficient (Wildman–Crippen LogP) is 3.72. The smallest absolute Gasteiger partial charge is 0.410 e. The maximum absolute atomic E-state index is 12.7. The minimum Gasteiger partial charge on any atom is -0.490 e. The molecule has 0 atom stereocenters. The molecule has 8 nitrogen and oxygen atoms in total. The quantitative estimate of drug-likeness (QED) is 0.738. The Bertz CT molecular complexity index is 752. The summed E-state index contributed by atoms with van der Waals surface area (Å²) in [6.45, 7) is 7.49. The van der Waals surface area contributed by atoms with E-state index in [1.807, 2.05) is 20.8 Å². The highest BCUT2D eigenvalue weighted by Gasteiger charge is 2.39. The van der Waals surface area contributed by atoms with Gasteiger partial charge in [-0.3, -0.25) is 0 Å². The summed E-state index contributed by atoms with van der Waals surface area (Å²) < 4.78 is 23.1. The largest absolute Gasteiger partial charge is 0.490 e. The van der Waals surface area contributed by atoms with Crippen molar-refractivity contribution in [2.45, 2.75) is 64.2 Å². The fourth-order valence-electron chi connectivity index (χ4n) is 3.42. The third kappa shape index (κ3) is 6.01. The van der Waals surface area contributed by atoms with Crippen LogP contribution in [0, 0.1) is 0 Å². The first-order valence-corrected chi connectivity index (χ1v) is 10.5. The zero-order chi connectivity index (χ0) is 21.7. The first-order chi connectivity index (χ1) is 14.2. The summed E-state index contributed by atoms with van der Waals surface area (Å²) in [5.74, 6) is -0.0565. The molecule has 3 aliphatic rings. The number of benzene rings is 1. The molecule has 1 saturated carbocycles. The molecule has 30 heavy (non-hydrogen) atoms. The molecule has 1 aliphatic carbocycles.